The molecular weight excluding hydrogens is 460 g/mol. The molecule has 180 valence electrons. The Bertz CT molecular complexity index is 1430. The Labute approximate surface area is 211 Å². The average Bonchev–Trinajstić information content (AvgIpc) is 3.43. The summed E-state index contributed by atoms with van der Waals surface area (Å²) in [4.78, 5) is 16.1. The first-order chi connectivity index (χ1) is 16.6. The fourth-order valence-electron chi connectivity index (χ4n) is 4.80. The zero-order valence-electron chi connectivity index (χ0n) is 19.8. The van der Waals surface area contributed by atoms with Gasteiger partial charge in [-0.25, -0.2) is 4.79 Å². The summed E-state index contributed by atoms with van der Waals surface area (Å²) in [5.41, 5.74) is 9.25. The van der Waals surface area contributed by atoms with Gasteiger partial charge >= 0.3 is 5.69 Å². The number of imidazole rings is 1. The Kier molecular flexibility index (Phi) is 7.20. The third-order valence-corrected chi connectivity index (χ3v) is 6.46. The number of likely N-dealkylation sites (tertiary alicyclic amines) is 1. The van der Waals surface area contributed by atoms with E-state index in [2.05, 4.69) is 23.7 Å². The van der Waals surface area contributed by atoms with E-state index in [4.69, 9.17) is 10.5 Å². The van der Waals surface area contributed by atoms with E-state index in [1.165, 1.54) is 0 Å². The van der Waals surface area contributed by atoms with E-state index < -0.39 is 0 Å². The van der Waals surface area contributed by atoms with E-state index in [0.717, 1.165) is 42.0 Å². The SMILES string of the molecule is CC#CC(C)N1CC[C@@H](n2c(=O)n(-c3ccc(Oc4ccccc4)cc3)c3c(N)cccc32)C1.Cl. The van der Waals surface area contributed by atoms with Crippen molar-refractivity contribution in [3.63, 3.8) is 0 Å². The molecule has 7 heteroatoms. The molecule has 3 aromatic carbocycles. The molecule has 5 rings (SSSR count). The largest absolute Gasteiger partial charge is 0.457 e. The number of halogens is 1. The van der Waals surface area contributed by atoms with Gasteiger partial charge in [-0.05, 0) is 68.8 Å². The van der Waals surface area contributed by atoms with Crippen LogP contribution in [-0.4, -0.2) is 33.2 Å². The topological polar surface area (TPSA) is 65.4 Å². The van der Waals surface area contributed by atoms with E-state index in [-0.39, 0.29) is 30.2 Å². The number of ether oxygens (including phenoxy) is 1. The van der Waals surface area contributed by atoms with Gasteiger partial charge in [0.1, 0.15) is 11.5 Å². The lowest BCUT2D eigenvalue weighted by atomic mass is 10.2. The minimum absolute atomic E-state index is 0. The van der Waals surface area contributed by atoms with Gasteiger partial charge in [0.25, 0.3) is 0 Å². The smallest absolute Gasteiger partial charge is 0.334 e. The summed E-state index contributed by atoms with van der Waals surface area (Å²) < 4.78 is 9.54. The first-order valence-corrected chi connectivity index (χ1v) is 11.6. The van der Waals surface area contributed by atoms with Crippen LogP contribution in [0, 0.1) is 11.8 Å². The van der Waals surface area contributed by atoms with Crippen LogP contribution in [-0.2, 0) is 0 Å². The molecule has 0 spiro atoms. The second-order valence-electron chi connectivity index (χ2n) is 8.62. The average molecular weight is 489 g/mol. The van der Waals surface area contributed by atoms with Crippen LogP contribution in [0.25, 0.3) is 16.7 Å². The van der Waals surface area contributed by atoms with E-state index >= 15 is 0 Å². The van der Waals surface area contributed by atoms with Gasteiger partial charge in [-0.1, -0.05) is 30.2 Å². The summed E-state index contributed by atoms with van der Waals surface area (Å²) in [5, 5.41) is 0. The molecule has 1 unspecified atom stereocenters. The first-order valence-electron chi connectivity index (χ1n) is 11.6. The minimum Gasteiger partial charge on any atom is -0.457 e. The first kappa shape index (κ1) is 24.5. The van der Waals surface area contributed by atoms with Crippen LogP contribution in [0.2, 0.25) is 0 Å². The molecule has 1 aliphatic heterocycles. The van der Waals surface area contributed by atoms with Crippen molar-refractivity contribution in [2.24, 2.45) is 0 Å². The van der Waals surface area contributed by atoms with Gasteiger partial charge in [-0.3, -0.25) is 14.0 Å². The van der Waals surface area contributed by atoms with Crippen molar-refractivity contribution in [3.8, 4) is 29.0 Å². The van der Waals surface area contributed by atoms with E-state index in [1.54, 1.807) is 4.57 Å². The molecule has 2 N–H and O–H groups in total. The van der Waals surface area contributed by atoms with Crippen molar-refractivity contribution in [2.45, 2.75) is 32.4 Å². The van der Waals surface area contributed by atoms with Gasteiger partial charge in [-0.2, -0.15) is 0 Å². The van der Waals surface area contributed by atoms with E-state index in [9.17, 15) is 4.79 Å². The Hall–Kier alpha value is -3.66. The Morgan fingerprint density at radius 3 is 2.43 bits per heavy atom. The highest BCUT2D eigenvalue weighted by Gasteiger charge is 2.30. The van der Waals surface area contributed by atoms with E-state index in [0.29, 0.717) is 11.4 Å². The predicted molar refractivity (Wildman–Crippen MR) is 144 cm³/mol. The number of nitrogens with two attached hydrogens (primary N) is 1. The molecule has 0 amide bonds. The Morgan fingerprint density at radius 1 is 1.00 bits per heavy atom. The molecule has 0 bridgehead atoms. The van der Waals surface area contributed by atoms with Crippen LogP contribution < -0.4 is 16.2 Å². The highest BCUT2D eigenvalue weighted by molar-refractivity contribution is 5.89. The van der Waals surface area contributed by atoms with Crippen LogP contribution in [0.5, 0.6) is 11.5 Å². The monoisotopic (exact) mass is 488 g/mol. The molecular formula is C28H29ClN4O2. The molecule has 6 nitrogen and oxygen atoms in total. The fraction of sp³-hybridized carbons (Fsp3) is 0.250. The molecule has 0 radical (unpaired) electrons. The summed E-state index contributed by atoms with van der Waals surface area (Å²) in [7, 11) is 0. The number of nitrogen functional groups attached to an aromatic ring is 1. The highest BCUT2D eigenvalue weighted by atomic mass is 35.5. The predicted octanol–water partition coefficient (Wildman–Crippen LogP) is 5.25. The summed E-state index contributed by atoms with van der Waals surface area (Å²) in [6.07, 6.45) is 0.896. The molecule has 1 aliphatic rings. The molecule has 4 aromatic rings. The molecule has 1 saturated heterocycles. The second kappa shape index (κ2) is 10.3. The second-order valence-corrected chi connectivity index (χ2v) is 8.62. The maximum Gasteiger partial charge on any atom is 0.334 e. The Balaban J connectivity index is 0.00000289. The van der Waals surface area contributed by atoms with Crippen molar-refractivity contribution in [1.29, 1.82) is 0 Å². The molecule has 0 saturated carbocycles. The molecule has 0 aliphatic carbocycles. The molecule has 1 fully saturated rings. The van der Waals surface area contributed by atoms with Crippen molar-refractivity contribution in [2.75, 3.05) is 18.8 Å². The normalized spacial score (nSPS) is 16.3. The third-order valence-electron chi connectivity index (χ3n) is 6.46. The molecule has 2 heterocycles. The van der Waals surface area contributed by atoms with E-state index in [1.807, 2.05) is 84.3 Å². The van der Waals surface area contributed by atoms with Gasteiger partial charge < -0.3 is 10.5 Å². The standard InChI is InChI=1S/C28H28N4O2.ClH/c1-3-8-20(2)30-18-17-22(19-30)31-26-12-7-11-25(29)27(26)32(28(31)33)21-13-15-24(16-14-21)34-23-9-5-4-6-10-23;/h4-7,9-16,20,22H,17-19,29H2,1-2H3;1H/t20?,22-;/m1./s1. The number of para-hydroxylation sites is 2. The number of rotatable bonds is 5. The lowest BCUT2D eigenvalue weighted by Gasteiger charge is -2.20. The lowest BCUT2D eigenvalue weighted by molar-refractivity contribution is 0.294. The van der Waals surface area contributed by atoms with Crippen LogP contribution in [0.1, 0.15) is 26.3 Å². The number of hydrogen-bond acceptors (Lipinski definition) is 4. The highest BCUT2D eigenvalue weighted by Crippen LogP contribution is 2.30. The number of aromatic nitrogens is 2. The van der Waals surface area contributed by atoms with Crippen molar-refractivity contribution in [1.82, 2.24) is 14.0 Å². The Morgan fingerprint density at radius 2 is 1.71 bits per heavy atom. The number of anilines is 1. The maximum atomic E-state index is 13.8. The zero-order chi connectivity index (χ0) is 23.7. The lowest BCUT2D eigenvalue weighted by Crippen LogP contribution is -2.32. The van der Waals surface area contributed by atoms with Crippen LogP contribution >= 0.6 is 12.4 Å². The van der Waals surface area contributed by atoms with Gasteiger partial charge in [-0.15, -0.1) is 18.3 Å². The summed E-state index contributed by atoms with van der Waals surface area (Å²) in [6.45, 7) is 5.67. The maximum absolute atomic E-state index is 13.8. The van der Waals surface area contributed by atoms with Gasteiger partial charge in [0.2, 0.25) is 0 Å². The quantitative estimate of drug-likeness (QED) is 0.308. The number of nitrogens with zero attached hydrogens (tertiary/aromatic N) is 3. The summed E-state index contributed by atoms with van der Waals surface area (Å²) in [6, 6.07) is 23.1. The van der Waals surface area contributed by atoms with Crippen molar-refractivity contribution in [3.05, 3.63) is 83.3 Å². The third kappa shape index (κ3) is 4.66. The number of fused-ring (bicyclic) bond motifs is 1. The number of benzene rings is 3. The molecule has 2 atom stereocenters. The minimum atomic E-state index is -0.0780. The van der Waals surface area contributed by atoms with Gasteiger partial charge in [0, 0.05) is 13.1 Å². The van der Waals surface area contributed by atoms with Crippen LogP contribution in [0.15, 0.2) is 77.6 Å². The number of hydrogen-bond donors (Lipinski definition) is 1. The van der Waals surface area contributed by atoms with Gasteiger partial charge in [0.05, 0.1) is 34.5 Å². The fourth-order valence-corrected chi connectivity index (χ4v) is 4.80. The van der Waals surface area contributed by atoms with Crippen LogP contribution in [0.4, 0.5) is 5.69 Å². The summed E-state index contributed by atoms with van der Waals surface area (Å²) >= 11 is 0. The molecule has 1 aromatic heterocycles. The van der Waals surface area contributed by atoms with Gasteiger partial charge in [0.15, 0.2) is 0 Å². The van der Waals surface area contributed by atoms with Crippen molar-refractivity contribution >= 4 is 29.1 Å². The zero-order valence-corrected chi connectivity index (χ0v) is 20.7. The summed E-state index contributed by atoms with van der Waals surface area (Å²) in [5.74, 6) is 7.70. The van der Waals surface area contributed by atoms with Crippen molar-refractivity contribution < 1.29 is 4.74 Å². The molecule has 35 heavy (non-hydrogen) atoms. The van der Waals surface area contributed by atoms with Crippen LogP contribution in [0.3, 0.4) is 0 Å².